The van der Waals surface area contributed by atoms with Gasteiger partial charge in [0.2, 0.25) is 0 Å². The van der Waals surface area contributed by atoms with Gasteiger partial charge in [-0.15, -0.1) is 0 Å². The van der Waals surface area contributed by atoms with Crippen LogP contribution in [0, 0.1) is 0 Å². The molecular weight excluding hydrogens is 877 g/mol. The third-order valence-corrected chi connectivity index (χ3v) is 13.8. The Morgan fingerprint density at radius 1 is 0.282 bits per heavy atom. The van der Waals surface area contributed by atoms with Crippen LogP contribution in [0.4, 0.5) is 0 Å². The number of rotatable bonds is 57. The standard InChI is InChI=1S/C65H118O6/c1-4-7-10-13-16-19-22-25-28-30-32-34-37-40-43-46-49-52-55-58-64(67)70-61-62(60-69-63(66)57-54-51-48-45-42-39-36-27-24-21-18-15-12-9-6-3)71-65(68)59-56-53-50-47-44-41-38-35-33-31-29-26-23-20-17-14-11-8-5-2/h16,19,25,28,32,34,40,43,62H,4-15,17-18,20-24,26-27,29-31,33,35-39,41-42,44-61H2,1-3H3/b19-16-,28-25-,34-32-,43-40-/t62-/m1/s1. The molecular formula is C65H118O6. The van der Waals surface area contributed by atoms with E-state index >= 15 is 0 Å². The predicted octanol–water partition coefficient (Wildman–Crippen LogP) is 21.0. The summed E-state index contributed by atoms with van der Waals surface area (Å²) in [5.41, 5.74) is 0. The normalized spacial score (nSPS) is 12.3. The van der Waals surface area contributed by atoms with Gasteiger partial charge in [-0.2, -0.15) is 0 Å². The SMILES string of the molecule is CCCCC/C=C\C/C=C\C/C=C\C/C=C\CCCCCC(=O)OC[C@@H](COC(=O)CCCCCCCCCCCCCCCCC)OC(=O)CCCCCCCCCCCCCCCCCCCCC. The van der Waals surface area contributed by atoms with Crippen LogP contribution in [-0.2, 0) is 28.6 Å². The molecule has 6 heteroatoms. The first-order chi connectivity index (χ1) is 35.0. The first-order valence-electron chi connectivity index (χ1n) is 31.1. The number of carbonyl (C=O) groups excluding carboxylic acids is 3. The van der Waals surface area contributed by atoms with E-state index in [1.165, 1.54) is 205 Å². The molecule has 0 radical (unpaired) electrons. The monoisotopic (exact) mass is 995 g/mol. The first kappa shape index (κ1) is 68.4. The van der Waals surface area contributed by atoms with Crippen molar-refractivity contribution in [1.29, 1.82) is 0 Å². The lowest BCUT2D eigenvalue weighted by Gasteiger charge is -2.18. The van der Waals surface area contributed by atoms with E-state index in [2.05, 4.69) is 69.4 Å². The fourth-order valence-corrected chi connectivity index (χ4v) is 9.13. The van der Waals surface area contributed by atoms with Crippen molar-refractivity contribution in [2.45, 2.75) is 335 Å². The van der Waals surface area contributed by atoms with Crippen LogP contribution in [0.25, 0.3) is 0 Å². The van der Waals surface area contributed by atoms with E-state index in [1.807, 2.05) is 0 Å². The largest absolute Gasteiger partial charge is 0.462 e. The molecule has 0 fully saturated rings. The number of hydrogen-bond donors (Lipinski definition) is 0. The summed E-state index contributed by atoms with van der Waals surface area (Å²) >= 11 is 0. The van der Waals surface area contributed by atoms with E-state index in [0.29, 0.717) is 19.3 Å². The van der Waals surface area contributed by atoms with E-state index in [4.69, 9.17) is 14.2 Å². The third kappa shape index (κ3) is 58.1. The Bertz CT molecular complexity index is 1230. The van der Waals surface area contributed by atoms with Crippen LogP contribution < -0.4 is 0 Å². The van der Waals surface area contributed by atoms with Crippen molar-refractivity contribution < 1.29 is 28.6 Å². The second-order valence-electron chi connectivity index (χ2n) is 21.0. The highest BCUT2D eigenvalue weighted by Crippen LogP contribution is 2.17. The lowest BCUT2D eigenvalue weighted by Crippen LogP contribution is -2.30. The van der Waals surface area contributed by atoms with Gasteiger partial charge in [0.15, 0.2) is 6.10 Å². The Morgan fingerprint density at radius 2 is 0.507 bits per heavy atom. The van der Waals surface area contributed by atoms with Crippen molar-refractivity contribution in [3.8, 4) is 0 Å². The van der Waals surface area contributed by atoms with Crippen LogP contribution in [0.5, 0.6) is 0 Å². The molecule has 0 aromatic rings. The summed E-state index contributed by atoms with van der Waals surface area (Å²) in [7, 11) is 0. The Balaban J connectivity index is 4.38. The topological polar surface area (TPSA) is 78.9 Å². The maximum atomic E-state index is 12.9. The molecule has 6 nitrogen and oxygen atoms in total. The summed E-state index contributed by atoms with van der Waals surface area (Å²) < 4.78 is 16.9. The number of allylic oxidation sites excluding steroid dienone is 8. The summed E-state index contributed by atoms with van der Waals surface area (Å²) in [6, 6.07) is 0. The van der Waals surface area contributed by atoms with Gasteiger partial charge in [-0.25, -0.2) is 0 Å². The summed E-state index contributed by atoms with van der Waals surface area (Å²) in [6.45, 7) is 6.64. The van der Waals surface area contributed by atoms with Crippen molar-refractivity contribution >= 4 is 17.9 Å². The first-order valence-corrected chi connectivity index (χ1v) is 31.1. The molecule has 0 aliphatic rings. The molecule has 0 aliphatic heterocycles. The molecule has 0 aromatic carbocycles. The maximum Gasteiger partial charge on any atom is 0.306 e. The van der Waals surface area contributed by atoms with Gasteiger partial charge in [0.25, 0.3) is 0 Å². The Kier molecular flexibility index (Phi) is 57.7. The minimum atomic E-state index is -0.783. The molecule has 0 saturated carbocycles. The highest BCUT2D eigenvalue weighted by atomic mass is 16.6. The second-order valence-corrected chi connectivity index (χ2v) is 21.0. The Hall–Kier alpha value is -2.63. The van der Waals surface area contributed by atoms with Crippen molar-refractivity contribution in [3.05, 3.63) is 48.6 Å². The van der Waals surface area contributed by atoms with Crippen LogP contribution >= 0.6 is 0 Å². The molecule has 414 valence electrons. The molecule has 71 heavy (non-hydrogen) atoms. The smallest absolute Gasteiger partial charge is 0.306 e. The minimum Gasteiger partial charge on any atom is -0.462 e. The van der Waals surface area contributed by atoms with Crippen molar-refractivity contribution in [2.75, 3.05) is 13.2 Å². The zero-order valence-corrected chi connectivity index (χ0v) is 47.5. The number of hydrogen-bond acceptors (Lipinski definition) is 6. The summed E-state index contributed by atoms with van der Waals surface area (Å²) in [4.78, 5) is 38.3. The van der Waals surface area contributed by atoms with Crippen LogP contribution in [0.15, 0.2) is 48.6 Å². The van der Waals surface area contributed by atoms with E-state index < -0.39 is 6.10 Å². The van der Waals surface area contributed by atoms with Gasteiger partial charge < -0.3 is 14.2 Å². The summed E-state index contributed by atoms with van der Waals surface area (Å²) in [5, 5.41) is 0. The van der Waals surface area contributed by atoms with Crippen LogP contribution in [0.3, 0.4) is 0 Å². The van der Waals surface area contributed by atoms with E-state index in [0.717, 1.165) is 83.5 Å². The predicted molar refractivity (Wildman–Crippen MR) is 307 cm³/mol. The van der Waals surface area contributed by atoms with Crippen LogP contribution in [-0.4, -0.2) is 37.2 Å². The molecule has 0 rings (SSSR count). The Labute approximate surface area is 441 Å². The molecule has 0 saturated heterocycles. The van der Waals surface area contributed by atoms with Crippen LogP contribution in [0.2, 0.25) is 0 Å². The Morgan fingerprint density at radius 3 is 0.817 bits per heavy atom. The zero-order chi connectivity index (χ0) is 51.4. The highest BCUT2D eigenvalue weighted by Gasteiger charge is 2.19. The minimum absolute atomic E-state index is 0.0785. The fourth-order valence-electron chi connectivity index (χ4n) is 9.13. The molecule has 0 amide bonds. The van der Waals surface area contributed by atoms with E-state index in [9.17, 15) is 14.4 Å². The van der Waals surface area contributed by atoms with Crippen molar-refractivity contribution in [3.63, 3.8) is 0 Å². The van der Waals surface area contributed by atoms with Gasteiger partial charge in [-0.3, -0.25) is 14.4 Å². The van der Waals surface area contributed by atoms with E-state index in [1.54, 1.807) is 0 Å². The maximum absolute atomic E-state index is 12.9. The lowest BCUT2D eigenvalue weighted by molar-refractivity contribution is -0.167. The second kappa shape index (κ2) is 59.9. The van der Waals surface area contributed by atoms with Gasteiger partial charge in [-0.1, -0.05) is 294 Å². The summed E-state index contributed by atoms with van der Waals surface area (Å²) in [6.07, 6.45) is 73.9. The number of carbonyl (C=O) groups is 3. The molecule has 0 N–H and O–H groups in total. The molecule has 0 unspecified atom stereocenters. The van der Waals surface area contributed by atoms with Crippen molar-refractivity contribution in [2.24, 2.45) is 0 Å². The number of unbranched alkanes of at least 4 members (excludes halogenated alkanes) is 38. The highest BCUT2D eigenvalue weighted by molar-refractivity contribution is 5.71. The fraction of sp³-hybridized carbons (Fsp3) is 0.831. The molecule has 0 aromatic heterocycles. The number of ether oxygens (including phenoxy) is 3. The van der Waals surface area contributed by atoms with Gasteiger partial charge in [0, 0.05) is 19.3 Å². The third-order valence-electron chi connectivity index (χ3n) is 13.8. The van der Waals surface area contributed by atoms with Crippen molar-refractivity contribution in [1.82, 2.24) is 0 Å². The molecule has 1 atom stereocenters. The summed E-state index contributed by atoms with van der Waals surface area (Å²) in [5.74, 6) is -0.889. The molecule has 0 aliphatic carbocycles. The van der Waals surface area contributed by atoms with Gasteiger partial charge >= 0.3 is 17.9 Å². The molecule has 0 heterocycles. The van der Waals surface area contributed by atoms with Gasteiger partial charge in [-0.05, 0) is 64.2 Å². The quantitative estimate of drug-likeness (QED) is 0.0261. The zero-order valence-electron chi connectivity index (χ0n) is 47.5. The average Bonchev–Trinajstić information content (AvgIpc) is 3.37. The lowest BCUT2D eigenvalue weighted by atomic mass is 10.0. The molecule has 0 spiro atoms. The molecule has 0 bridgehead atoms. The number of esters is 3. The van der Waals surface area contributed by atoms with Crippen LogP contribution in [0.1, 0.15) is 329 Å². The average molecular weight is 996 g/mol. The van der Waals surface area contributed by atoms with Gasteiger partial charge in [0.05, 0.1) is 0 Å². The van der Waals surface area contributed by atoms with E-state index in [-0.39, 0.29) is 31.1 Å². The van der Waals surface area contributed by atoms with Gasteiger partial charge in [0.1, 0.15) is 13.2 Å².